The Morgan fingerprint density at radius 3 is 2.44 bits per heavy atom. The summed E-state index contributed by atoms with van der Waals surface area (Å²) in [5.41, 5.74) is 3.99. The number of fused-ring (bicyclic) bond motifs is 1. The first kappa shape index (κ1) is 16.8. The summed E-state index contributed by atoms with van der Waals surface area (Å²) in [4.78, 5) is 23.5. The van der Waals surface area contributed by atoms with Crippen molar-refractivity contribution in [1.82, 2.24) is 0 Å². The molecule has 1 heterocycles. The topological polar surface area (TPSA) is 68.5 Å². The molecule has 0 atom stereocenters. The minimum atomic E-state index is -0.423. The van der Waals surface area contributed by atoms with E-state index in [0.717, 1.165) is 27.8 Å². The molecular formula is C20H19NO4. The van der Waals surface area contributed by atoms with Crippen molar-refractivity contribution in [3.63, 3.8) is 0 Å². The third-order valence-electron chi connectivity index (χ3n) is 3.91. The zero-order chi connectivity index (χ0) is 18.0. The molecule has 0 bridgehead atoms. The molecule has 0 fully saturated rings. The fourth-order valence-corrected chi connectivity index (χ4v) is 2.83. The minimum Gasteiger partial charge on any atom is -0.484 e. The Morgan fingerprint density at radius 1 is 1.04 bits per heavy atom. The molecule has 1 amide bonds. The zero-order valence-corrected chi connectivity index (χ0v) is 14.4. The van der Waals surface area contributed by atoms with E-state index in [-0.39, 0.29) is 12.5 Å². The molecule has 5 heteroatoms. The van der Waals surface area contributed by atoms with Gasteiger partial charge in [-0.3, -0.25) is 4.79 Å². The minimum absolute atomic E-state index is 0.130. The summed E-state index contributed by atoms with van der Waals surface area (Å²) in [6, 6.07) is 12.2. The normalized spacial score (nSPS) is 10.7. The van der Waals surface area contributed by atoms with Crippen molar-refractivity contribution >= 4 is 22.6 Å². The van der Waals surface area contributed by atoms with Crippen molar-refractivity contribution in [3.05, 3.63) is 69.6 Å². The number of anilines is 1. The number of benzene rings is 2. The van der Waals surface area contributed by atoms with Gasteiger partial charge in [0.05, 0.1) is 0 Å². The second-order valence-corrected chi connectivity index (χ2v) is 6.06. The molecule has 0 radical (unpaired) electrons. The number of rotatable bonds is 4. The molecule has 1 N–H and O–H groups in total. The van der Waals surface area contributed by atoms with E-state index >= 15 is 0 Å². The van der Waals surface area contributed by atoms with E-state index in [1.165, 1.54) is 6.07 Å². The predicted octanol–water partition coefficient (Wildman–Crippen LogP) is 3.74. The largest absolute Gasteiger partial charge is 0.484 e. The summed E-state index contributed by atoms with van der Waals surface area (Å²) in [6.07, 6.45) is 0. The molecule has 0 saturated carbocycles. The molecule has 25 heavy (non-hydrogen) atoms. The van der Waals surface area contributed by atoms with E-state index < -0.39 is 5.63 Å². The SMILES string of the molecule is Cc1cc(C)c(NC(=O)COc2ccc3ccc(=O)oc3c2)c(C)c1. The maximum absolute atomic E-state index is 12.2. The first-order chi connectivity index (χ1) is 11.9. The van der Waals surface area contributed by atoms with Crippen molar-refractivity contribution < 1.29 is 13.9 Å². The molecule has 0 unspecified atom stereocenters. The van der Waals surface area contributed by atoms with Crippen molar-refractivity contribution in [2.24, 2.45) is 0 Å². The van der Waals surface area contributed by atoms with Gasteiger partial charge in [-0.15, -0.1) is 0 Å². The van der Waals surface area contributed by atoms with Crippen LogP contribution in [-0.2, 0) is 4.79 Å². The second-order valence-electron chi connectivity index (χ2n) is 6.06. The number of nitrogens with one attached hydrogen (secondary N) is 1. The lowest BCUT2D eigenvalue weighted by molar-refractivity contribution is -0.118. The van der Waals surface area contributed by atoms with E-state index in [1.807, 2.05) is 32.9 Å². The molecule has 0 saturated heterocycles. The lowest BCUT2D eigenvalue weighted by atomic mass is 10.1. The third-order valence-corrected chi connectivity index (χ3v) is 3.91. The fourth-order valence-electron chi connectivity index (χ4n) is 2.83. The number of carbonyl (C=O) groups is 1. The van der Waals surface area contributed by atoms with Crippen LogP contribution < -0.4 is 15.7 Å². The highest BCUT2D eigenvalue weighted by atomic mass is 16.5. The molecule has 0 aliphatic carbocycles. The van der Waals surface area contributed by atoms with Gasteiger partial charge in [-0.05, 0) is 50.1 Å². The Bertz CT molecular complexity index is 981. The molecule has 128 valence electrons. The van der Waals surface area contributed by atoms with Gasteiger partial charge in [0.1, 0.15) is 11.3 Å². The van der Waals surface area contributed by atoms with Crippen LogP contribution >= 0.6 is 0 Å². The fraction of sp³-hybridized carbons (Fsp3) is 0.200. The summed E-state index contributed by atoms with van der Waals surface area (Å²) >= 11 is 0. The molecular weight excluding hydrogens is 318 g/mol. The average molecular weight is 337 g/mol. The van der Waals surface area contributed by atoms with Gasteiger partial charge in [0.25, 0.3) is 5.91 Å². The molecule has 1 aromatic heterocycles. The predicted molar refractivity (Wildman–Crippen MR) is 97.3 cm³/mol. The zero-order valence-electron chi connectivity index (χ0n) is 14.4. The van der Waals surface area contributed by atoms with Gasteiger partial charge in [0, 0.05) is 23.2 Å². The lowest BCUT2D eigenvalue weighted by Crippen LogP contribution is -2.21. The molecule has 0 spiro atoms. The molecule has 3 rings (SSSR count). The quantitative estimate of drug-likeness (QED) is 0.737. The summed E-state index contributed by atoms with van der Waals surface area (Å²) < 4.78 is 10.6. The van der Waals surface area contributed by atoms with Gasteiger partial charge in [-0.25, -0.2) is 4.79 Å². The molecule has 0 aliphatic heterocycles. The molecule has 2 aromatic carbocycles. The van der Waals surface area contributed by atoms with E-state index in [2.05, 4.69) is 5.32 Å². The van der Waals surface area contributed by atoms with Crippen LogP contribution in [0.2, 0.25) is 0 Å². The highest BCUT2D eigenvalue weighted by Crippen LogP contribution is 2.22. The Morgan fingerprint density at radius 2 is 1.72 bits per heavy atom. The van der Waals surface area contributed by atoms with Crippen LogP contribution in [0.4, 0.5) is 5.69 Å². The molecule has 3 aromatic rings. The second kappa shape index (κ2) is 6.81. The van der Waals surface area contributed by atoms with Crippen molar-refractivity contribution in [2.45, 2.75) is 20.8 Å². The van der Waals surface area contributed by atoms with E-state index in [1.54, 1.807) is 24.3 Å². The molecule has 5 nitrogen and oxygen atoms in total. The first-order valence-corrected chi connectivity index (χ1v) is 7.97. The number of ether oxygens (including phenoxy) is 1. The van der Waals surface area contributed by atoms with Crippen LogP contribution in [0.3, 0.4) is 0 Å². The van der Waals surface area contributed by atoms with Gasteiger partial charge in [-0.1, -0.05) is 17.7 Å². The highest BCUT2D eigenvalue weighted by molar-refractivity contribution is 5.93. The van der Waals surface area contributed by atoms with Crippen molar-refractivity contribution in [3.8, 4) is 5.75 Å². The smallest absolute Gasteiger partial charge is 0.336 e. The van der Waals surface area contributed by atoms with Gasteiger partial charge in [0.15, 0.2) is 6.61 Å². The van der Waals surface area contributed by atoms with Crippen molar-refractivity contribution in [1.29, 1.82) is 0 Å². The van der Waals surface area contributed by atoms with Gasteiger partial charge < -0.3 is 14.5 Å². The summed E-state index contributed by atoms with van der Waals surface area (Å²) in [6.45, 7) is 5.81. The van der Waals surface area contributed by atoms with Crippen LogP contribution in [0.1, 0.15) is 16.7 Å². The summed E-state index contributed by atoms with van der Waals surface area (Å²) in [7, 11) is 0. The number of hydrogen-bond donors (Lipinski definition) is 1. The Labute approximate surface area is 145 Å². The summed E-state index contributed by atoms with van der Waals surface area (Å²) in [5.74, 6) is 0.221. The Hall–Kier alpha value is -3.08. The van der Waals surface area contributed by atoms with E-state index in [0.29, 0.717) is 11.3 Å². The maximum Gasteiger partial charge on any atom is 0.336 e. The van der Waals surface area contributed by atoms with Crippen LogP contribution in [0.25, 0.3) is 11.0 Å². The highest BCUT2D eigenvalue weighted by Gasteiger charge is 2.09. The third kappa shape index (κ3) is 3.88. The lowest BCUT2D eigenvalue weighted by Gasteiger charge is -2.13. The standard InChI is InChI=1S/C20H19NO4/c1-12-8-13(2)20(14(3)9-12)21-18(22)11-24-16-6-4-15-5-7-19(23)25-17(15)10-16/h4-10H,11H2,1-3H3,(H,21,22). The first-order valence-electron chi connectivity index (χ1n) is 7.97. The number of carbonyl (C=O) groups excluding carboxylic acids is 1. The van der Waals surface area contributed by atoms with E-state index in [9.17, 15) is 9.59 Å². The van der Waals surface area contributed by atoms with Crippen LogP contribution in [0.5, 0.6) is 5.75 Å². The Kier molecular flexibility index (Phi) is 4.57. The van der Waals surface area contributed by atoms with Crippen molar-refractivity contribution in [2.75, 3.05) is 11.9 Å². The van der Waals surface area contributed by atoms with Gasteiger partial charge in [-0.2, -0.15) is 0 Å². The number of aryl methyl sites for hydroxylation is 3. The number of amides is 1. The summed E-state index contributed by atoms with van der Waals surface area (Å²) in [5, 5.41) is 3.68. The van der Waals surface area contributed by atoms with Crippen LogP contribution in [0, 0.1) is 20.8 Å². The number of hydrogen-bond acceptors (Lipinski definition) is 4. The monoisotopic (exact) mass is 337 g/mol. The van der Waals surface area contributed by atoms with Crippen LogP contribution in [-0.4, -0.2) is 12.5 Å². The Balaban J connectivity index is 1.69. The van der Waals surface area contributed by atoms with Crippen LogP contribution in [0.15, 0.2) is 51.7 Å². The average Bonchev–Trinajstić information content (AvgIpc) is 2.55. The van der Waals surface area contributed by atoms with Gasteiger partial charge in [0.2, 0.25) is 0 Å². The van der Waals surface area contributed by atoms with Gasteiger partial charge >= 0.3 is 5.63 Å². The maximum atomic E-state index is 12.2. The van der Waals surface area contributed by atoms with E-state index in [4.69, 9.17) is 9.15 Å². The molecule has 0 aliphatic rings.